The summed E-state index contributed by atoms with van der Waals surface area (Å²) in [7, 11) is 0. The summed E-state index contributed by atoms with van der Waals surface area (Å²) in [6, 6.07) is 2.66. The first-order valence-corrected chi connectivity index (χ1v) is 9.74. The number of aromatic nitrogens is 2. The van der Waals surface area contributed by atoms with Crippen molar-refractivity contribution in [1.82, 2.24) is 19.6 Å². The molecule has 0 unspecified atom stereocenters. The normalized spacial score (nSPS) is 21.0. The third-order valence-corrected chi connectivity index (χ3v) is 5.70. The minimum atomic E-state index is -0.111. The highest BCUT2D eigenvalue weighted by Gasteiger charge is 2.28. The Morgan fingerprint density at radius 1 is 1.16 bits per heavy atom. The van der Waals surface area contributed by atoms with E-state index in [0.29, 0.717) is 12.5 Å². The van der Waals surface area contributed by atoms with E-state index in [1.54, 1.807) is 0 Å². The average Bonchev–Trinajstić information content (AvgIpc) is 2.93. The van der Waals surface area contributed by atoms with E-state index in [9.17, 15) is 9.90 Å². The highest BCUT2D eigenvalue weighted by atomic mass is 16.3. The molecular formula is C19H32N4O2. The van der Waals surface area contributed by atoms with Gasteiger partial charge < -0.3 is 14.9 Å². The molecular weight excluding hydrogens is 316 g/mol. The molecule has 140 valence electrons. The highest BCUT2D eigenvalue weighted by molar-refractivity contribution is 5.76. The van der Waals surface area contributed by atoms with Gasteiger partial charge in [0.1, 0.15) is 0 Å². The molecule has 6 nitrogen and oxygen atoms in total. The lowest BCUT2D eigenvalue weighted by atomic mass is 9.98. The Morgan fingerprint density at radius 2 is 1.84 bits per heavy atom. The van der Waals surface area contributed by atoms with Crippen LogP contribution in [0.4, 0.5) is 0 Å². The van der Waals surface area contributed by atoms with E-state index in [1.807, 2.05) is 16.5 Å². The molecule has 0 spiro atoms. The van der Waals surface area contributed by atoms with Gasteiger partial charge in [0.15, 0.2) is 0 Å². The minimum Gasteiger partial charge on any atom is -0.393 e. The lowest BCUT2D eigenvalue weighted by Gasteiger charge is -2.41. The fraction of sp³-hybridized carbons (Fsp3) is 0.789. The van der Waals surface area contributed by atoms with Gasteiger partial charge in [-0.25, -0.2) is 0 Å². The van der Waals surface area contributed by atoms with Crippen LogP contribution < -0.4 is 0 Å². The number of aliphatic hydroxyl groups excluding tert-OH is 1. The number of rotatable bonds is 5. The van der Waals surface area contributed by atoms with Crippen LogP contribution in [0.3, 0.4) is 0 Å². The number of likely N-dealkylation sites (tertiary alicyclic amines) is 2. The van der Waals surface area contributed by atoms with Crippen molar-refractivity contribution in [3.63, 3.8) is 0 Å². The number of aliphatic hydroxyl groups is 1. The number of aryl methyl sites for hydroxylation is 3. The maximum Gasteiger partial charge on any atom is 0.222 e. The molecule has 0 saturated carbocycles. The van der Waals surface area contributed by atoms with Crippen molar-refractivity contribution in [1.29, 1.82) is 0 Å². The van der Waals surface area contributed by atoms with Gasteiger partial charge in [0, 0.05) is 50.9 Å². The molecule has 0 aliphatic carbocycles. The van der Waals surface area contributed by atoms with E-state index >= 15 is 0 Å². The molecule has 2 aliphatic heterocycles. The molecule has 1 N–H and O–H groups in total. The summed E-state index contributed by atoms with van der Waals surface area (Å²) < 4.78 is 2.00. The summed E-state index contributed by atoms with van der Waals surface area (Å²) in [5.41, 5.74) is 2.20. The molecule has 3 heterocycles. The fourth-order valence-corrected chi connectivity index (χ4v) is 4.17. The fourth-order valence-electron chi connectivity index (χ4n) is 4.17. The van der Waals surface area contributed by atoms with Crippen LogP contribution in [-0.4, -0.2) is 68.9 Å². The lowest BCUT2D eigenvalue weighted by molar-refractivity contribution is -0.133. The van der Waals surface area contributed by atoms with Crippen LogP contribution in [0.1, 0.15) is 49.9 Å². The Bertz CT molecular complexity index is 570. The second-order valence-corrected chi connectivity index (χ2v) is 7.63. The van der Waals surface area contributed by atoms with Gasteiger partial charge in [-0.15, -0.1) is 0 Å². The Kier molecular flexibility index (Phi) is 6.12. The summed E-state index contributed by atoms with van der Waals surface area (Å²) in [6.45, 7) is 8.64. The predicted molar refractivity (Wildman–Crippen MR) is 97.4 cm³/mol. The minimum absolute atomic E-state index is 0.111. The largest absolute Gasteiger partial charge is 0.393 e. The van der Waals surface area contributed by atoms with Crippen molar-refractivity contribution >= 4 is 5.91 Å². The third kappa shape index (κ3) is 4.82. The lowest BCUT2D eigenvalue weighted by Crippen LogP contribution is -2.49. The van der Waals surface area contributed by atoms with Crippen molar-refractivity contribution in [3.8, 4) is 0 Å². The molecule has 1 aromatic heterocycles. The molecule has 0 radical (unpaired) electrons. The van der Waals surface area contributed by atoms with E-state index in [1.165, 1.54) is 0 Å². The number of nitrogens with zero attached hydrogens (tertiary/aromatic N) is 4. The van der Waals surface area contributed by atoms with E-state index < -0.39 is 0 Å². The van der Waals surface area contributed by atoms with Gasteiger partial charge in [-0.05, 0) is 52.0 Å². The number of amides is 1. The monoisotopic (exact) mass is 348 g/mol. The molecule has 0 bridgehead atoms. The van der Waals surface area contributed by atoms with Gasteiger partial charge >= 0.3 is 0 Å². The van der Waals surface area contributed by atoms with E-state index in [2.05, 4.69) is 23.0 Å². The van der Waals surface area contributed by atoms with E-state index in [0.717, 1.165) is 76.2 Å². The van der Waals surface area contributed by atoms with Crippen molar-refractivity contribution < 1.29 is 9.90 Å². The Hall–Kier alpha value is -1.40. The van der Waals surface area contributed by atoms with Crippen molar-refractivity contribution in [3.05, 3.63) is 17.5 Å². The van der Waals surface area contributed by atoms with Gasteiger partial charge in [0.2, 0.25) is 5.91 Å². The van der Waals surface area contributed by atoms with E-state index in [4.69, 9.17) is 0 Å². The highest BCUT2D eigenvalue weighted by Crippen LogP contribution is 2.21. The molecule has 2 aliphatic rings. The molecule has 0 aromatic carbocycles. The zero-order valence-corrected chi connectivity index (χ0v) is 15.7. The number of piperidine rings is 2. The van der Waals surface area contributed by atoms with Gasteiger partial charge in [0.25, 0.3) is 0 Å². The van der Waals surface area contributed by atoms with Gasteiger partial charge in [0.05, 0.1) is 11.8 Å². The number of hydrogen-bond acceptors (Lipinski definition) is 4. The smallest absolute Gasteiger partial charge is 0.222 e. The second kappa shape index (κ2) is 8.32. The first kappa shape index (κ1) is 18.4. The van der Waals surface area contributed by atoms with Crippen LogP contribution in [0.2, 0.25) is 0 Å². The Labute approximate surface area is 150 Å². The van der Waals surface area contributed by atoms with Crippen LogP contribution in [-0.2, 0) is 11.3 Å². The standard InChI is InChI=1S/C19H32N4O2/c1-15-14-16(2)23(20-15)9-3-4-19(25)22-10-5-17(6-11-22)21-12-7-18(24)8-13-21/h14,17-18,24H,3-13H2,1-2H3. The maximum absolute atomic E-state index is 12.5. The summed E-state index contributed by atoms with van der Waals surface area (Å²) >= 11 is 0. The average molecular weight is 348 g/mol. The molecule has 6 heteroatoms. The van der Waals surface area contributed by atoms with Crippen LogP contribution in [0.25, 0.3) is 0 Å². The van der Waals surface area contributed by atoms with Gasteiger partial charge in [-0.1, -0.05) is 0 Å². The molecule has 1 amide bonds. The third-order valence-electron chi connectivity index (χ3n) is 5.70. The van der Waals surface area contributed by atoms with Crippen LogP contribution >= 0.6 is 0 Å². The van der Waals surface area contributed by atoms with Crippen molar-refractivity contribution in [2.45, 2.75) is 71.1 Å². The molecule has 25 heavy (non-hydrogen) atoms. The quantitative estimate of drug-likeness (QED) is 0.880. The summed E-state index contributed by atoms with van der Waals surface area (Å²) in [5.74, 6) is 0.286. The van der Waals surface area contributed by atoms with Crippen LogP contribution in [0, 0.1) is 13.8 Å². The van der Waals surface area contributed by atoms with Crippen LogP contribution in [0.15, 0.2) is 6.07 Å². The molecule has 1 aromatic rings. The topological polar surface area (TPSA) is 61.6 Å². The molecule has 3 rings (SSSR count). The number of carbonyl (C=O) groups is 1. The van der Waals surface area contributed by atoms with E-state index in [-0.39, 0.29) is 12.0 Å². The SMILES string of the molecule is Cc1cc(C)n(CCCC(=O)N2CCC(N3CCC(O)CC3)CC2)n1. The van der Waals surface area contributed by atoms with Gasteiger partial charge in [-0.2, -0.15) is 5.10 Å². The van der Waals surface area contributed by atoms with Gasteiger partial charge in [-0.3, -0.25) is 9.48 Å². The predicted octanol–water partition coefficient (Wildman–Crippen LogP) is 1.73. The number of carbonyl (C=O) groups excluding carboxylic acids is 1. The van der Waals surface area contributed by atoms with Crippen molar-refractivity contribution in [2.24, 2.45) is 0 Å². The second-order valence-electron chi connectivity index (χ2n) is 7.63. The first-order valence-electron chi connectivity index (χ1n) is 9.74. The van der Waals surface area contributed by atoms with Crippen LogP contribution in [0.5, 0.6) is 0 Å². The molecule has 0 atom stereocenters. The Morgan fingerprint density at radius 3 is 2.44 bits per heavy atom. The summed E-state index contributed by atoms with van der Waals surface area (Å²) in [6.07, 6.45) is 5.28. The molecule has 2 saturated heterocycles. The molecule has 2 fully saturated rings. The zero-order valence-electron chi connectivity index (χ0n) is 15.7. The Balaban J connectivity index is 1.37. The zero-order chi connectivity index (χ0) is 17.8. The number of hydrogen-bond donors (Lipinski definition) is 1. The first-order chi connectivity index (χ1) is 12.0. The van der Waals surface area contributed by atoms with Crippen molar-refractivity contribution in [2.75, 3.05) is 26.2 Å². The maximum atomic E-state index is 12.5. The summed E-state index contributed by atoms with van der Waals surface area (Å²) in [4.78, 5) is 17.0. The summed E-state index contributed by atoms with van der Waals surface area (Å²) in [5, 5.41) is 14.1.